The van der Waals surface area contributed by atoms with Crippen molar-refractivity contribution in [2.45, 2.75) is 31.2 Å². The van der Waals surface area contributed by atoms with Crippen molar-refractivity contribution < 1.29 is 9.32 Å². The number of urea groups is 1. The predicted molar refractivity (Wildman–Crippen MR) is 143 cm³/mol. The summed E-state index contributed by atoms with van der Waals surface area (Å²) in [6, 6.07) is 25.9. The predicted octanol–water partition coefficient (Wildman–Crippen LogP) is 6.51. The summed E-state index contributed by atoms with van der Waals surface area (Å²) < 4.78 is 5.81. The van der Waals surface area contributed by atoms with Crippen molar-refractivity contribution in [3.05, 3.63) is 107 Å². The van der Waals surface area contributed by atoms with Crippen LogP contribution in [0, 0.1) is 6.92 Å². The lowest BCUT2D eigenvalue weighted by Crippen LogP contribution is -2.46. The number of hydrogen-bond acceptors (Lipinski definition) is 5. The summed E-state index contributed by atoms with van der Waals surface area (Å²) >= 11 is 1.69. The van der Waals surface area contributed by atoms with Gasteiger partial charge in [-0.05, 0) is 61.9 Å². The first-order chi connectivity index (χ1) is 17.5. The van der Waals surface area contributed by atoms with Crippen molar-refractivity contribution >= 4 is 23.4 Å². The normalized spacial score (nSPS) is 15.8. The maximum atomic E-state index is 13.3. The molecule has 2 heterocycles. The lowest BCUT2D eigenvalue weighted by molar-refractivity contribution is 0.205. The van der Waals surface area contributed by atoms with Crippen LogP contribution in [0.1, 0.15) is 35.5 Å². The van der Waals surface area contributed by atoms with Crippen LogP contribution >= 0.6 is 11.8 Å². The Bertz CT molecular complexity index is 1380. The summed E-state index contributed by atoms with van der Waals surface area (Å²) in [5.74, 6) is 0.931. The van der Waals surface area contributed by atoms with E-state index in [0.29, 0.717) is 18.3 Å². The third-order valence-electron chi connectivity index (χ3n) is 6.48. The Morgan fingerprint density at radius 1 is 0.972 bits per heavy atom. The highest BCUT2D eigenvalue weighted by Crippen LogP contribution is 2.37. The van der Waals surface area contributed by atoms with Gasteiger partial charge in [-0.1, -0.05) is 65.3 Å². The number of rotatable bonds is 7. The zero-order chi connectivity index (χ0) is 25.1. The number of carbonyl (C=O) groups is 1. The molecule has 0 fully saturated rings. The van der Waals surface area contributed by atoms with Gasteiger partial charge in [-0.3, -0.25) is 4.90 Å². The number of allylic oxidation sites excluding steroid dienone is 1. The third kappa shape index (κ3) is 4.93. The third-order valence-corrected chi connectivity index (χ3v) is 7.22. The smallest absolute Gasteiger partial charge is 0.322 e. The Morgan fingerprint density at radius 2 is 1.69 bits per heavy atom. The van der Waals surface area contributed by atoms with E-state index in [-0.39, 0.29) is 6.03 Å². The molecule has 4 aromatic rings. The van der Waals surface area contributed by atoms with Gasteiger partial charge in [-0.25, -0.2) is 4.79 Å². The van der Waals surface area contributed by atoms with Gasteiger partial charge >= 0.3 is 6.03 Å². The molecular weight excluding hydrogens is 468 g/mol. The van der Waals surface area contributed by atoms with E-state index >= 15 is 0 Å². The van der Waals surface area contributed by atoms with Crippen LogP contribution in [-0.4, -0.2) is 33.9 Å². The highest BCUT2D eigenvalue weighted by atomic mass is 32.2. The number of thioether (sulfide) groups is 1. The average Bonchev–Trinajstić information content (AvgIpc) is 3.39. The highest BCUT2D eigenvalue weighted by Gasteiger charge is 2.35. The monoisotopic (exact) mass is 496 g/mol. The molecule has 0 saturated carbocycles. The van der Waals surface area contributed by atoms with Crippen molar-refractivity contribution in [2.75, 3.05) is 12.8 Å². The molecule has 0 aliphatic carbocycles. The number of hydrogen-bond donors (Lipinski definition) is 1. The van der Waals surface area contributed by atoms with Gasteiger partial charge in [0.25, 0.3) is 5.89 Å². The van der Waals surface area contributed by atoms with Crippen LogP contribution in [0.3, 0.4) is 0 Å². The maximum absolute atomic E-state index is 13.3. The molecule has 1 N–H and O–H groups in total. The first-order valence-electron chi connectivity index (χ1n) is 11.9. The van der Waals surface area contributed by atoms with Crippen molar-refractivity contribution in [3.8, 4) is 11.4 Å². The van der Waals surface area contributed by atoms with Crippen LogP contribution in [0.4, 0.5) is 4.79 Å². The van der Waals surface area contributed by atoms with Gasteiger partial charge in [-0.2, -0.15) is 4.98 Å². The largest absolute Gasteiger partial charge is 0.334 e. The van der Waals surface area contributed by atoms with E-state index in [0.717, 1.165) is 34.4 Å². The van der Waals surface area contributed by atoms with E-state index in [1.807, 2.05) is 86.8 Å². The van der Waals surface area contributed by atoms with Gasteiger partial charge in [0.15, 0.2) is 0 Å². The standard InChI is InChI=1S/C29H28N4O2S/c1-19-9-11-22(12-10-19)26-25(28-31-27(32-35-28)23-13-15-24(36-3)16-14-23)20(2)33(29(34)30-26)18-17-21-7-5-4-6-8-21/h4-16,26H,17-18H2,1-3H3,(H,30,34). The Kier molecular flexibility index (Phi) is 6.91. The fourth-order valence-corrected chi connectivity index (χ4v) is 4.82. The molecule has 1 atom stereocenters. The maximum Gasteiger partial charge on any atom is 0.322 e. The Balaban J connectivity index is 1.53. The molecule has 3 aromatic carbocycles. The van der Waals surface area contributed by atoms with E-state index < -0.39 is 6.04 Å². The number of nitrogens with one attached hydrogen (secondary N) is 1. The molecule has 5 rings (SSSR count). The van der Waals surface area contributed by atoms with Crippen LogP contribution < -0.4 is 5.32 Å². The molecule has 0 saturated heterocycles. The summed E-state index contributed by atoms with van der Waals surface area (Å²) in [5.41, 5.74) is 5.80. The van der Waals surface area contributed by atoms with Gasteiger partial charge in [0.2, 0.25) is 5.82 Å². The van der Waals surface area contributed by atoms with Crippen molar-refractivity contribution in [3.63, 3.8) is 0 Å². The second-order valence-corrected chi connectivity index (χ2v) is 9.71. The van der Waals surface area contributed by atoms with E-state index in [1.165, 1.54) is 10.5 Å². The molecule has 0 radical (unpaired) electrons. The number of amides is 2. The Hall–Kier alpha value is -3.84. The number of nitrogens with zero attached hydrogens (tertiary/aromatic N) is 3. The van der Waals surface area contributed by atoms with Gasteiger partial charge in [-0.15, -0.1) is 11.8 Å². The zero-order valence-corrected chi connectivity index (χ0v) is 21.4. The SMILES string of the molecule is CSc1ccc(-c2noc(C3=C(C)N(CCc4ccccc4)C(=O)NC3c3ccc(C)cc3)n2)cc1. The fraction of sp³-hybridized carbons (Fsp3) is 0.207. The molecule has 1 aromatic heterocycles. The molecule has 1 unspecified atom stereocenters. The molecule has 1 aliphatic heterocycles. The van der Waals surface area contributed by atoms with Crippen LogP contribution in [0.2, 0.25) is 0 Å². The first-order valence-corrected chi connectivity index (χ1v) is 13.1. The molecule has 2 amide bonds. The average molecular weight is 497 g/mol. The van der Waals surface area contributed by atoms with Crippen LogP contribution in [-0.2, 0) is 6.42 Å². The number of aromatic nitrogens is 2. The highest BCUT2D eigenvalue weighted by molar-refractivity contribution is 7.98. The topological polar surface area (TPSA) is 71.3 Å². The van der Waals surface area contributed by atoms with E-state index in [2.05, 4.69) is 22.6 Å². The first kappa shape index (κ1) is 23.9. The second kappa shape index (κ2) is 10.4. The van der Waals surface area contributed by atoms with Gasteiger partial charge in [0, 0.05) is 22.7 Å². The van der Waals surface area contributed by atoms with Crippen molar-refractivity contribution in [1.82, 2.24) is 20.4 Å². The lowest BCUT2D eigenvalue weighted by atomic mass is 9.94. The molecule has 1 aliphatic rings. The summed E-state index contributed by atoms with van der Waals surface area (Å²) in [4.78, 5) is 21.0. The summed E-state index contributed by atoms with van der Waals surface area (Å²) in [6.07, 6.45) is 2.79. The minimum absolute atomic E-state index is 0.134. The lowest BCUT2D eigenvalue weighted by Gasteiger charge is -2.35. The molecular formula is C29H28N4O2S. The van der Waals surface area contributed by atoms with E-state index in [9.17, 15) is 4.79 Å². The van der Waals surface area contributed by atoms with E-state index in [1.54, 1.807) is 16.7 Å². The van der Waals surface area contributed by atoms with Gasteiger partial charge in [0.1, 0.15) is 0 Å². The minimum Gasteiger partial charge on any atom is -0.334 e. The summed E-state index contributed by atoms with van der Waals surface area (Å²) in [6.45, 7) is 4.55. The Labute approximate surface area is 215 Å². The number of benzene rings is 3. The molecule has 7 heteroatoms. The van der Waals surface area contributed by atoms with Crippen molar-refractivity contribution in [2.24, 2.45) is 0 Å². The van der Waals surface area contributed by atoms with Crippen molar-refractivity contribution in [1.29, 1.82) is 0 Å². The van der Waals surface area contributed by atoms with Crippen LogP contribution in [0.15, 0.2) is 94.0 Å². The molecule has 0 bridgehead atoms. The summed E-state index contributed by atoms with van der Waals surface area (Å²) in [5, 5.41) is 7.45. The molecule has 182 valence electrons. The van der Waals surface area contributed by atoms with Crippen LogP contribution in [0.25, 0.3) is 17.0 Å². The molecule has 6 nitrogen and oxygen atoms in total. The minimum atomic E-state index is -0.391. The summed E-state index contributed by atoms with van der Waals surface area (Å²) in [7, 11) is 0. The zero-order valence-electron chi connectivity index (χ0n) is 20.6. The molecule has 36 heavy (non-hydrogen) atoms. The molecule has 0 spiro atoms. The Morgan fingerprint density at radius 3 is 2.39 bits per heavy atom. The fourth-order valence-electron chi connectivity index (χ4n) is 4.41. The quantitative estimate of drug-likeness (QED) is 0.296. The van der Waals surface area contributed by atoms with Crippen LogP contribution in [0.5, 0.6) is 0 Å². The van der Waals surface area contributed by atoms with E-state index in [4.69, 9.17) is 9.51 Å². The number of aryl methyl sites for hydroxylation is 1. The number of carbonyl (C=O) groups excluding carboxylic acids is 1. The van der Waals surface area contributed by atoms with Gasteiger partial charge in [0.05, 0.1) is 11.6 Å². The second-order valence-electron chi connectivity index (χ2n) is 8.83. The van der Waals surface area contributed by atoms with Gasteiger partial charge < -0.3 is 9.84 Å².